The van der Waals surface area contributed by atoms with Crippen LogP contribution in [0.2, 0.25) is 0 Å². The Labute approximate surface area is 110 Å². The maximum absolute atomic E-state index is 12.0. The molecule has 2 saturated carbocycles. The zero-order valence-electron chi connectivity index (χ0n) is 12.0. The summed E-state index contributed by atoms with van der Waals surface area (Å²) in [7, 11) is 1.66. The lowest BCUT2D eigenvalue weighted by molar-refractivity contribution is -0.158. The number of esters is 1. The molecule has 3 nitrogen and oxygen atoms in total. The summed E-state index contributed by atoms with van der Waals surface area (Å²) >= 11 is 0. The van der Waals surface area contributed by atoms with Gasteiger partial charge in [0.25, 0.3) is 0 Å². The van der Waals surface area contributed by atoms with Gasteiger partial charge in [-0.2, -0.15) is 0 Å². The Hall–Kier alpha value is -0.570. The SMILES string of the molecule is COC1CC1C(=O)OC1CC(C)CCC1C(C)C. The van der Waals surface area contributed by atoms with Crippen LogP contribution < -0.4 is 0 Å². The summed E-state index contributed by atoms with van der Waals surface area (Å²) in [4.78, 5) is 12.0. The van der Waals surface area contributed by atoms with Crippen molar-refractivity contribution in [2.75, 3.05) is 7.11 Å². The fourth-order valence-corrected chi connectivity index (χ4v) is 3.17. The zero-order valence-corrected chi connectivity index (χ0v) is 12.0. The highest BCUT2D eigenvalue weighted by atomic mass is 16.6. The molecular weight excluding hydrogens is 228 g/mol. The van der Waals surface area contributed by atoms with Crippen molar-refractivity contribution >= 4 is 5.97 Å². The first-order valence-corrected chi connectivity index (χ1v) is 7.26. The number of hydrogen-bond donors (Lipinski definition) is 0. The Morgan fingerprint density at radius 2 is 1.89 bits per heavy atom. The van der Waals surface area contributed by atoms with Gasteiger partial charge in [-0.25, -0.2) is 0 Å². The van der Waals surface area contributed by atoms with Crippen LogP contribution in [0.3, 0.4) is 0 Å². The molecule has 2 aliphatic carbocycles. The molecule has 5 unspecified atom stereocenters. The summed E-state index contributed by atoms with van der Waals surface area (Å²) in [6.07, 6.45) is 4.55. The molecule has 5 atom stereocenters. The third-order valence-corrected chi connectivity index (χ3v) is 4.57. The standard InChI is InChI=1S/C15H26O3/c1-9(2)11-6-5-10(3)7-14(11)18-15(16)12-8-13(12)17-4/h9-14H,5-8H2,1-4H3. The number of methoxy groups -OCH3 is 1. The van der Waals surface area contributed by atoms with Crippen LogP contribution in [-0.4, -0.2) is 25.3 Å². The van der Waals surface area contributed by atoms with Crippen LogP contribution >= 0.6 is 0 Å². The van der Waals surface area contributed by atoms with Crippen molar-refractivity contribution in [3.63, 3.8) is 0 Å². The van der Waals surface area contributed by atoms with E-state index in [-0.39, 0.29) is 24.1 Å². The zero-order chi connectivity index (χ0) is 13.3. The van der Waals surface area contributed by atoms with Crippen molar-refractivity contribution in [2.24, 2.45) is 23.7 Å². The molecule has 0 aliphatic heterocycles. The van der Waals surface area contributed by atoms with Gasteiger partial charge in [0.2, 0.25) is 0 Å². The molecule has 2 aliphatic rings. The van der Waals surface area contributed by atoms with Gasteiger partial charge in [0.15, 0.2) is 0 Å². The van der Waals surface area contributed by atoms with Crippen molar-refractivity contribution in [2.45, 2.75) is 58.7 Å². The summed E-state index contributed by atoms with van der Waals surface area (Å²) < 4.78 is 11.0. The van der Waals surface area contributed by atoms with E-state index in [0.717, 1.165) is 12.8 Å². The maximum atomic E-state index is 12.0. The van der Waals surface area contributed by atoms with Crippen molar-refractivity contribution in [1.29, 1.82) is 0 Å². The van der Waals surface area contributed by atoms with E-state index in [1.807, 2.05) is 0 Å². The van der Waals surface area contributed by atoms with Gasteiger partial charge in [-0.15, -0.1) is 0 Å². The third-order valence-electron chi connectivity index (χ3n) is 4.57. The average Bonchev–Trinajstić information content (AvgIpc) is 3.07. The molecule has 18 heavy (non-hydrogen) atoms. The number of carbonyl (C=O) groups excluding carboxylic acids is 1. The second-order valence-corrected chi connectivity index (χ2v) is 6.42. The summed E-state index contributed by atoms with van der Waals surface area (Å²) in [6.45, 7) is 6.72. The Morgan fingerprint density at radius 3 is 2.44 bits per heavy atom. The molecule has 0 spiro atoms. The Bertz CT molecular complexity index is 300. The van der Waals surface area contributed by atoms with Gasteiger partial charge in [-0.3, -0.25) is 4.79 Å². The van der Waals surface area contributed by atoms with Crippen LogP contribution in [0.25, 0.3) is 0 Å². The summed E-state index contributed by atoms with van der Waals surface area (Å²) in [5, 5.41) is 0. The molecule has 0 N–H and O–H groups in total. The predicted octanol–water partition coefficient (Wildman–Crippen LogP) is 3.03. The minimum Gasteiger partial charge on any atom is -0.462 e. The molecule has 0 amide bonds. The summed E-state index contributed by atoms with van der Waals surface area (Å²) in [6, 6.07) is 0. The van der Waals surface area contributed by atoms with Gasteiger partial charge < -0.3 is 9.47 Å². The summed E-state index contributed by atoms with van der Waals surface area (Å²) in [5.74, 6) is 1.76. The highest BCUT2D eigenvalue weighted by Crippen LogP contribution is 2.39. The fraction of sp³-hybridized carbons (Fsp3) is 0.933. The highest BCUT2D eigenvalue weighted by molar-refractivity contribution is 5.76. The molecule has 0 aromatic heterocycles. The molecular formula is C15H26O3. The first-order chi connectivity index (χ1) is 8.52. The molecule has 104 valence electrons. The second kappa shape index (κ2) is 5.60. The van der Waals surface area contributed by atoms with Crippen molar-refractivity contribution in [1.82, 2.24) is 0 Å². The molecule has 0 aromatic carbocycles. The molecule has 0 saturated heterocycles. The van der Waals surface area contributed by atoms with E-state index in [1.165, 1.54) is 12.8 Å². The van der Waals surface area contributed by atoms with E-state index < -0.39 is 0 Å². The normalized spacial score (nSPS) is 39.7. The van der Waals surface area contributed by atoms with Crippen LogP contribution in [-0.2, 0) is 14.3 Å². The Morgan fingerprint density at radius 1 is 1.17 bits per heavy atom. The van der Waals surface area contributed by atoms with E-state index in [4.69, 9.17) is 9.47 Å². The first-order valence-electron chi connectivity index (χ1n) is 7.26. The number of carbonyl (C=O) groups is 1. The lowest BCUT2D eigenvalue weighted by Crippen LogP contribution is -2.36. The van der Waals surface area contributed by atoms with Gasteiger partial charge in [-0.05, 0) is 37.0 Å². The van der Waals surface area contributed by atoms with E-state index in [1.54, 1.807) is 7.11 Å². The molecule has 2 rings (SSSR count). The van der Waals surface area contributed by atoms with Gasteiger partial charge in [-0.1, -0.05) is 27.2 Å². The highest BCUT2D eigenvalue weighted by Gasteiger charge is 2.46. The van der Waals surface area contributed by atoms with Crippen molar-refractivity contribution in [3.05, 3.63) is 0 Å². The largest absolute Gasteiger partial charge is 0.462 e. The summed E-state index contributed by atoms with van der Waals surface area (Å²) in [5.41, 5.74) is 0. The topological polar surface area (TPSA) is 35.5 Å². The van der Waals surface area contributed by atoms with Crippen LogP contribution in [0, 0.1) is 23.7 Å². The van der Waals surface area contributed by atoms with E-state index in [0.29, 0.717) is 17.8 Å². The van der Waals surface area contributed by atoms with Crippen LogP contribution in [0.4, 0.5) is 0 Å². The van der Waals surface area contributed by atoms with Gasteiger partial charge in [0.05, 0.1) is 12.0 Å². The van der Waals surface area contributed by atoms with E-state index in [9.17, 15) is 4.79 Å². The molecule has 0 bridgehead atoms. The Kier molecular flexibility index (Phi) is 4.31. The maximum Gasteiger partial charge on any atom is 0.311 e. The lowest BCUT2D eigenvalue weighted by Gasteiger charge is -2.36. The van der Waals surface area contributed by atoms with E-state index in [2.05, 4.69) is 20.8 Å². The number of hydrogen-bond acceptors (Lipinski definition) is 3. The smallest absolute Gasteiger partial charge is 0.311 e. The minimum atomic E-state index is -0.0356. The molecule has 3 heteroatoms. The third kappa shape index (κ3) is 3.05. The minimum absolute atomic E-state index is 0.0000416. The monoisotopic (exact) mass is 254 g/mol. The quantitative estimate of drug-likeness (QED) is 0.723. The number of ether oxygens (including phenoxy) is 2. The molecule has 0 aromatic rings. The van der Waals surface area contributed by atoms with E-state index >= 15 is 0 Å². The second-order valence-electron chi connectivity index (χ2n) is 6.42. The van der Waals surface area contributed by atoms with Crippen LogP contribution in [0.5, 0.6) is 0 Å². The van der Waals surface area contributed by atoms with Gasteiger partial charge in [0.1, 0.15) is 6.10 Å². The molecule has 2 fully saturated rings. The van der Waals surface area contributed by atoms with Gasteiger partial charge >= 0.3 is 5.97 Å². The molecule has 0 radical (unpaired) electrons. The van der Waals surface area contributed by atoms with Crippen molar-refractivity contribution in [3.8, 4) is 0 Å². The number of rotatable bonds is 4. The van der Waals surface area contributed by atoms with Crippen LogP contribution in [0.1, 0.15) is 46.5 Å². The van der Waals surface area contributed by atoms with Gasteiger partial charge in [0, 0.05) is 7.11 Å². The fourth-order valence-electron chi connectivity index (χ4n) is 3.17. The predicted molar refractivity (Wildman–Crippen MR) is 70.1 cm³/mol. The average molecular weight is 254 g/mol. The van der Waals surface area contributed by atoms with Crippen molar-refractivity contribution < 1.29 is 14.3 Å². The van der Waals surface area contributed by atoms with Crippen LogP contribution in [0.15, 0.2) is 0 Å². The Balaban J connectivity index is 1.90. The lowest BCUT2D eigenvalue weighted by atomic mass is 9.75. The molecule has 0 heterocycles. The first kappa shape index (κ1) is 13.9.